The second-order valence-electron chi connectivity index (χ2n) is 3.03. The van der Waals surface area contributed by atoms with E-state index in [9.17, 15) is 0 Å². The monoisotopic (exact) mass is 238 g/mol. The molecule has 15 heavy (non-hydrogen) atoms. The number of rotatable bonds is 3. The van der Waals surface area contributed by atoms with Gasteiger partial charge in [-0.1, -0.05) is 12.1 Å². The lowest BCUT2D eigenvalue weighted by atomic mass is 10.1. The summed E-state index contributed by atoms with van der Waals surface area (Å²) in [7, 11) is 0. The van der Waals surface area contributed by atoms with Gasteiger partial charge in [-0.25, -0.2) is 5.10 Å². The molecule has 0 atom stereocenters. The van der Waals surface area contributed by atoms with E-state index in [4.69, 9.17) is 16.6 Å². The van der Waals surface area contributed by atoms with Crippen molar-refractivity contribution in [3.8, 4) is 0 Å². The van der Waals surface area contributed by atoms with Gasteiger partial charge in [0, 0.05) is 4.90 Å². The van der Waals surface area contributed by atoms with Crippen molar-refractivity contribution in [2.24, 2.45) is 0 Å². The maximum Gasteiger partial charge on any atom is 0.284 e. The normalized spacial score (nSPS) is 10.5. The zero-order valence-electron chi connectivity index (χ0n) is 8.19. The number of hydrogen-bond acceptors (Lipinski definition) is 4. The number of hydrogen-bond donors (Lipinski definition) is 1. The van der Waals surface area contributed by atoms with Gasteiger partial charge in [-0.05, 0) is 36.2 Å². The number of nitrogens with zero attached hydrogens (tertiary/aromatic N) is 1. The molecule has 0 unspecified atom stereocenters. The summed E-state index contributed by atoms with van der Waals surface area (Å²) < 4.78 is 5.19. The Bertz CT molecular complexity index is 487. The molecule has 3 nitrogen and oxygen atoms in total. The summed E-state index contributed by atoms with van der Waals surface area (Å²) in [5.74, 6) is 0.622. The molecule has 0 aliphatic heterocycles. The fourth-order valence-electron chi connectivity index (χ4n) is 1.25. The molecule has 5 heteroatoms. The Hall–Kier alpha value is -1.07. The van der Waals surface area contributed by atoms with Crippen LogP contribution in [0.15, 0.2) is 33.6 Å². The van der Waals surface area contributed by atoms with Crippen molar-refractivity contribution < 1.29 is 4.42 Å². The highest BCUT2D eigenvalue weighted by atomic mass is 32.2. The zero-order valence-corrected chi connectivity index (χ0v) is 9.82. The Balaban J connectivity index is 2.14. The van der Waals surface area contributed by atoms with Crippen LogP contribution < -0.4 is 0 Å². The lowest BCUT2D eigenvalue weighted by Crippen LogP contribution is -1.87. The zero-order chi connectivity index (χ0) is 10.7. The van der Waals surface area contributed by atoms with Crippen LogP contribution in [0.1, 0.15) is 11.5 Å². The Morgan fingerprint density at radius 3 is 2.67 bits per heavy atom. The molecule has 0 amide bonds. The standard InChI is InChI=1S/C10H10N2OS2/c1-15-8-4-2-7(3-5-8)6-9-11-12-10(14)13-9/h2-5H,6H2,1H3,(H,12,14). The first-order valence-corrected chi connectivity index (χ1v) is 6.08. The van der Waals surface area contributed by atoms with Gasteiger partial charge >= 0.3 is 0 Å². The predicted octanol–water partition coefficient (Wildman–Crippen LogP) is 3.04. The second kappa shape index (κ2) is 4.63. The second-order valence-corrected chi connectivity index (χ2v) is 4.28. The highest BCUT2D eigenvalue weighted by molar-refractivity contribution is 7.98. The number of H-pyrrole nitrogens is 1. The third-order valence-corrected chi connectivity index (χ3v) is 2.91. The van der Waals surface area contributed by atoms with Crippen LogP contribution in [0, 0.1) is 4.84 Å². The summed E-state index contributed by atoms with van der Waals surface area (Å²) in [5.41, 5.74) is 1.16. The minimum atomic E-state index is 0.325. The maximum atomic E-state index is 5.19. The van der Waals surface area contributed by atoms with E-state index in [1.807, 2.05) is 0 Å². The van der Waals surface area contributed by atoms with Crippen LogP contribution in [0.3, 0.4) is 0 Å². The van der Waals surface area contributed by atoms with Crippen LogP contribution in [0.25, 0.3) is 0 Å². The van der Waals surface area contributed by atoms with Crippen LogP contribution in [-0.2, 0) is 6.42 Å². The van der Waals surface area contributed by atoms with Crippen molar-refractivity contribution in [1.29, 1.82) is 0 Å². The van der Waals surface area contributed by atoms with Gasteiger partial charge in [-0.3, -0.25) is 0 Å². The third kappa shape index (κ3) is 2.70. The number of aromatic nitrogens is 2. The Kier molecular flexibility index (Phi) is 3.23. The topological polar surface area (TPSA) is 41.8 Å². The molecule has 1 aromatic heterocycles. The molecular formula is C10H10N2OS2. The number of aromatic amines is 1. The van der Waals surface area contributed by atoms with E-state index in [1.54, 1.807) is 11.8 Å². The van der Waals surface area contributed by atoms with Crippen LogP contribution in [-0.4, -0.2) is 16.5 Å². The molecular weight excluding hydrogens is 228 g/mol. The summed E-state index contributed by atoms with van der Waals surface area (Å²) >= 11 is 6.53. The van der Waals surface area contributed by atoms with E-state index in [0.29, 0.717) is 17.1 Å². The van der Waals surface area contributed by atoms with E-state index < -0.39 is 0 Å². The molecule has 2 aromatic rings. The molecule has 1 N–H and O–H groups in total. The largest absolute Gasteiger partial charge is 0.414 e. The van der Waals surface area contributed by atoms with Gasteiger partial charge < -0.3 is 4.42 Å². The molecule has 0 aliphatic carbocycles. The van der Waals surface area contributed by atoms with Crippen molar-refractivity contribution in [3.63, 3.8) is 0 Å². The number of nitrogens with one attached hydrogen (secondary N) is 1. The SMILES string of the molecule is CSc1ccc(Cc2n[nH]c(=S)o2)cc1. The minimum absolute atomic E-state index is 0.325. The van der Waals surface area contributed by atoms with Gasteiger partial charge in [0.05, 0.1) is 6.42 Å². The summed E-state index contributed by atoms with van der Waals surface area (Å²) in [6, 6.07) is 8.31. The van der Waals surface area contributed by atoms with Gasteiger partial charge in [0.25, 0.3) is 4.84 Å². The molecule has 0 radical (unpaired) electrons. The molecule has 0 saturated heterocycles. The molecule has 0 bridgehead atoms. The van der Waals surface area contributed by atoms with Gasteiger partial charge in [-0.15, -0.1) is 16.9 Å². The molecule has 0 spiro atoms. The molecule has 0 fully saturated rings. The Labute approximate surface area is 96.9 Å². The molecule has 1 aromatic carbocycles. The molecule has 78 valence electrons. The highest BCUT2D eigenvalue weighted by Gasteiger charge is 2.01. The van der Waals surface area contributed by atoms with E-state index in [0.717, 1.165) is 5.56 Å². The summed E-state index contributed by atoms with van der Waals surface area (Å²) in [5, 5.41) is 6.56. The van der Waals surface area contributed by atoms with E-state index in [1.165, 1.54) is 4.90 Å². The molecule has 1 heterocycles. The van der Waals surface area contributed by atoms with Crippen LogP contribution in [0.2, 0.25) is 0 Å². The quantitative estimate of drug-likeness (QED) is 0.659. The highest BCUT2D eigenvalue weighted by Crippen LogP contribution is 2.16. The fraction of sp³-hybridized carbons (Fsp3) is 0.200. The third-order valence-electron chi connectivity index (χ3n) is 2.00. The van der Waals surface area contributed by atoms with Crippen molar-refractivity contribution in [1.82, 2.24) is 10.2 Å². The first kappa shape index (κ1) is 10.4. The Morgan fingerprint density at radius 1 is 1.40 bits per heavy atom. The average molecular weight is 238 g/mol. The fourth-order valence-corrected chi connectivity index (χ4v) is 1.80. The van der Waals surface area contributed by atoms with E-state index >= 15 is 0 Å². The number of benzene rings is 1. The van der Waals surface area contributed by atoms with Gasteiger partial charge in [0.1, 0.15) is 0 Å². The molecule has 0 saturated carbocycles. The summed E-state index contributed by atoms with van der Waals surface area (Å²) in [6.07, 6.45) is 2.73. The summed E-state index contributed by atoms with van der Waals surface area (Å²) in [4.78, 5) is 1.58. The minimum Gasteiger partial charge on any atom is -0.414 e. The van der Waals surface area contributed by atoms with Crippen LogP contribution in [0.5, 0.6) is 0 Å². The first-order chi connectivity index (χ1) is 7.28. The van der Waals surface area contributed by atoms with E-state index in [2.05, 4.69) is 40.7 Å². The predicted molar refractivity (Wildman–Crippen MR) is 62.7 cm³/mol. The smallest absolute Gasteiger partial charge is 0.284 e. The van der Waals surface area contributed by atoms with Crippen molar-refractivity contribution in [2.45, 2.75) is 11.3 Å². The summed E-state index contributed by atoms with van der Waals surface area (Å²) in [6.45, 7) is 0. The van der Waals surface area contributed by atoms with Crippen LogP contribution >= 0.6 is 24.0 Å². The van der Waals surface area contributed by atoms with Gasteiger partial charge in [0.15, 0.2) is 0 Å². The van der Waals surface area contributed by atoms with Crippen molar-refractivity contribution in [2.75, 3.05) is 6.26 Å². The Morgan fingerprint density at radius 2 is 2.13 bits per heavy atom. The lowest BCUT2D eigenvalue weighted by molar-refractivity contribution is 0.491. The number of thioether (sulfide) groups is 1. The van der Waals surface area contributed by atoms with Gasteiger partial charge in [-0.2, -0.15) is 0 Å². The lowest BCUT2D eigenvalue weighted by Gasteiger charge is -1.98. The molecule has 2 rings (SSSR count). The first-order valence-electron chi connectivity index (χ1n) is 4.45. The van der Waals surface area contributed by atoms with Crippen LogP contribution in [0.4, 0.5) is 0 Å². The van der Waals surface area contributed by atoms with Crippen molar-refractivity contribution >= 4 is 24.0 Å². The van der Waals surface area contributed by atoms with E-state index in [-0.39, 0.29) is 0 Å². The molecule has 0 aliphatic rings. The maximum absolute atomic E-state index is 5.19. The van der Waals surface area contributed by atoms with Crippen molar-refractivity contribution in [3.05, 3.63) is 40.6 Å². The average Bonchev–Trinajstić information content (AvgIpc) is 2.65. The van der Waals surface area contributed by atoms with Gasteiger partial charge in [0.2, 0.25) is 5.89 Å².